The molecule has 7 heteroatoms. The number of nitrogens with one attached hydrogen (secondary N) is 2. The lowest BCUT2D eigenvalue weighted by atomic mass is 9.94. The lowest BCUT2D eigenvalue weighted by Gasteiger charge is -2.31. The van der Waals surface area contributed by atoms with E-state index in [4.69, 9.17) is 4.74 Å². The van der Waals surface area contributed by atoms with Crippen molar-refractivity contribution in [3.05, 3.63) is 29.8 Å². The number of morpholine rings is 1. The second kappa shape index (κ2) is 10.1. The number of rotatable bonds is 4. The van der Waals surface area contributed by atoms with Gasteiger partial charge in [0.2, 0.25) is 5.91 Å². The zero-order valence-corrected chi connectivity index (χ0v) is 16.9. The molecule has 0 aromatic heterocycles. The molecule has 150 valence electrons. The SMILES string of the molecule is C[C@H]1OCCN[C@@H]1C(=O)Nc1ccc(C(=O)N(C)C2CCCCC2)cc1.Cl. The van der Waals surface area contributed by atoms with E-state index in [-0.39, 0.29) is 36.4 Å². The van der Waals surface area contributed by atoms with Gasteiger partial charge in [0.1, 0.15) is 6.04 Å². The van der Waals surface area contributed by atoms with E-state index in [1.807, 2.05) is 18.9 Å². The Morgan fingerprint density at radius 1 is 1.15 bits per heavy atom. The highest BCUT2D eigenvalue weighted by Crippen LogP contribution is 2.23. The molecular weight excluding hydrogens is 366 g/mol. The van der Waals surface area contributed by atoms with Crippen LogP contribution in [0.2, 0.25) is 0 Å². The molecule has 1 aromatic rings. The van der Waals surface area contributed by atoms with Crippen LogP contribution in [-0.4, -0.2) is 55.1 Å². The van der Waals surface area contributed by atoms with Crippen LogP contribution in [0.4, 0.5) is 5.69 Å². The molecule has 27 heavy (non-hydrogen) atoms. The third kappa shape index (κ3) is 5.43. The van der Waals surface area contributed by atoms with Gasteiger partial charge in [0.25, 0.3) is 5.91 Å². The molecule has 2 atom stereocenters. The average molecular weight is 396 g/mol. The zero-order chi connectivity index (χ0) is 18.5. The van der Waals surface area contributed by atoms with Gasteiger partial charge >= 0.3 is 0 Å². The van der Waals surface area contributed by atoms with E-state index in [9.17, 15) is 9.59 Å². The van der Waals surface area contributed by atoms with Crippen molar-refractivity contribution < 1.29 is 14.3 Å². The monoisotopic (exact) mass is 395 g/mol. The van der Waals surface area contributed by atoms with E-state index in [2.05, 4.69) is 10.6 Å². The summed E-state index contributed by atoms with van der Waals surface area (Å²) in [4.78, 5) is 26.9. The second-order valence-electron chi connectivity index (χ2n) is 7.28. The Balaban J connectivity index is 0.00000261. The topological polar surface area (TPSA) is 70.7 Å². The van der Waals surface area contributed by atoms with Crippen LogP contribution < -0.4 is 10.6 Å². The van der Waals surface area contributed by atoms with Crippen LogP contribution in [0.1, 0.15) is 49.4 Å². The van der Waals surface area contributed by atoms with Crippen LogP contribution in [0.3, 0.4) is 0 Å². The molecule has 6 nitrogen and oxygen atoms in total. The molecule has 3 rings (SSSR count). The van der Waals surface area contributed by atoms with Crippen LogP contribution in [-0.2, 0) is 9.53 Å². The number of carbonyl (C=O) groups is 2. The van der Waals surface area contributed by atoms with E-state index >= 15 is 0 Å². The number of ether oxygens (including phenoxy) is 1. The van der Waals surface area contributed by atoms with Crippen molar-refractivity contribution in [2.24, 2.45) is 0 Å². The van der Waals surface area contributed by atoms with Crippen LogP contribution in [0.5, 0.6) is 0 Å². The first-order valence-electron chi connectivity index (χ1n) is 9.59. The van der Waals surface area contributed by atoms with Gasteiger partial charge in [-0.15, -0.1) is 12.4 Å². The number of carbonyl (C=O) groups excluding carboxylic acids is 2. The highest BCUT2D eigenvalue weighted by atomic mass is 35.5. The number of amides is 2. The molecule has 0 radical (unpaired) electrons. The molecule has 0 bridgehead atoms. The molecule has 2 fully saturated rings. The summed E-state index contributed by atoms with van der Waals surface area (Å²) in [5, 5.41) is 6.07. The molecule has 1 heterocycles. The zero-order valence-electron chi connectivity index (χ0n) is 16.1. The molecule has 1 aromatic carbocycles. The van der Waals surface area contributed by atoms with Crippen molar-refractivity contribution in [3.8, 4) is 0 Å². The Morgan fingerprint density at radius 2 is 1.81 bits per heavy atom. The predicted molar refractivity (Wildman–Crippen MR) is 108 cm³/mol. The minimum atomic E-state index is -0.359. The fraction of sp³-hybridized carbons (Fsp3) is 0.600. The Kier molecular flexibility index (Phi) is 8.07. The van der Waals surface area contributed by atoms with Crippen molar-refractivity contribution in [1.29, 1.82) is 0 Å². The molecule has 1 aliphatic heterocycles. The maximum absolute atomic E-state index is 12.7. The number of benzene rings is 1. The van der Waals surface area contributed by atoms with Gasteiger partial charge in [-0.25, -0.2) is 0 Å². The third-order valence-electron chi connectivity index (χ3n) is 5.44. The first-order chi connectivity index (χ1) is 12.6. The van der Waals surface area contributed by atoms with Crippen molar-refractivity contribution in [2.75, 3.05) is 25.5 Å². The van der Waals surface area contributed by atoms with Crippen LogP contribution >= 0.6 is 12.4 Å². The van der Waals surface area contributed by atoms with Crippen molar-refractivity contribution >= 4 is 29.9 Å². The van der Waals surface area contributed by atoms with Gasteiger partial charge in [0, 0.05) is 30.9 Å². The fourth-order valence-electron chi connectivity index (χ4n) is 3.78. The smallest absolute Gasteiger partial charge is 0.253 e. The molecule has 2 aliphatic rings. The molecule has 2 N–H and O–H groups in total. The minimum absolute atomic E-state index is 0. The first-order valence-corrected chi connectivity index (χ1v) is 9.59. The molecule has 1 saturated heterocycles. The van der Waals surface area contributed by atoms with E-state index in [1.165, 1.54) is 19.3 Å². The van der Waals surface area contributed by atoms with Gasteiger partial charge in [-0.05, 0) is 44.0 Å². The molecule has 0 unspecified atom stereocenters. The van der Waals surface area contributed by atoms with Crippen LogP contribution in [0.25, 0.3) is 0 Å². The highest BCUT2D eigenvalue weighted by molar-refractivity contribution is 5.97. The Morgan fingerprint density at radius 3 is 2.44 bits per heavy atom. The summed E-state index contributed by atoms with van der Waals surface area (Å²) >= 11 is 0. The third-order valence-corrected chi connectivity index (χ3v) is 5.44. The first kappa shape index (κ1) is 21.7. The van der Waals surface area contributed by atoms with Gasteiger partial charge in [-0.1, -0.05) is 19.3 Å². The van der Waals surface area contributed by atoms with E-state index in [0.29, 0.717) is 30.4 Å². The number of hydrogen-bond acceptors (Lipinski definition) is 4. The number of anilines is 1. The summed E-state index contributed by atoms with van der Waals surface area (Å²) in [6.45, 7) is 3.18. The van der Waals surface area contributed by atoms with Crippen LogP contribution in [0.15, 0.2) is 24.3 Å². The summed E-state index contributed by atoms with van der Waals surface area (Å²) in [5.74, 6) is -0.0682. The fourth-order valence-corrected chi connectivity index (χ4v) is 3.78. The Bertz CT molecular complexity index is 632. The van der Waals surface area contributed by atoms with Gasteiger partial charge < -0.3 is 20.3 Å². The average Bonchev–Trinajstić information content (AvgIpc) is 2.68. The molecule has 0 spiro atoms. The quantitative estimate of drug-likeness (QED) is 0.822. The van der Waals surface area contributed by atoms with Crippen molar-refractivity contribution in [2.45, 2.75) is 57.2 Å². The number of nitrogens with zero attached hydrogens (tertiary/aromatic N) is 1. The van der Waals surface area contributed by atoms with Crippen molar-refractivity contribution in [1.82, 2.24) is 10.2 Å². The van der Waals surface area contributed by atoms with Gasteiger partial charge in [-0.3, -0.25) is 9.59 Å². The normalized spacial score (nSPS) is 23.2. The summed E-state index contributed by atoms with van der Waals surface area (Å²) in [6.07, 6.45) is 5.69. The summed E-state index contributed by atoms with van der Waals surface area (Å²) in [7, 11) is 1.89. The second-order valence-corrected chi connectivity index (χ2v) is 7.28. The highest BCUT2D eigenvalue weighted by Gasteiger charge is 2.28. The number of hydrogen-bond donors (Lipinski definition) is 2. The Labute approximate surface area is 167 Å². The standard InChI is InChI=1S/C20H29N3O3.ClH/c1-14-18(21-12-13-26-14)19(24)22-16-10-8-15(9-11-16)20(25)23(2)17-6-4-3-5-7-17;/h8-11,14,17-18,21H,3-7,12-13H2,1-2H3,(H,22,24);1H/t14-,18+;/m1./s1. The van der Waals surface area contributed by atoms with E-state index in [1.54, 1.807) is 24.3 Å². The summed E-state index contributed by atoms with van der Waals surface area (Å²) in [5.41, 5.74) is 1.34. The lowest BCUT2D eigenvalue weighted by molar-refractivity contribution is -0.123. The molecule has 2 amide bonds. The largest absolute Gasteiger partial charge is 0.375 e. The lowest BCUT2D eigenvalue weighted by Crippen LogP contribution is -2.53. The molecular formula is C20H30ClN3O3. The van der Waals surface area contributed by atoms with Crippen molar-refractivity contribution in [3.63, 3.8) is 0 Å². The molecule has 1 aliphatic carbocycles. The van der Waals surface area contributed by atoms with E-state index in [0.717, 1.165) is 12.8 Å². The summed E-state index contributed by atoms with van der Waals surface area (Å²) < 4.78 is 5.51. The van der Waals surface area contributed by atoms with Crippen LogP contribution in [0, 0.1) is 0 Å². The molecule has 1 saturated carbocycles. The number of halogens is 1. The van der Waals surface area contributed by atoms with E-state index < -0.39 is 0 Å². The summed E-state index contributed by atoms with van der Waals surface area (Å²) in [6, 6.07) is 7.12. The minimum Gasteiger partial charge on any atom is -0.375 e. The maximum atomic E-state index is 12.7. The van der Waals surface area contributed by atoms with Gasteiger partial charge in [-0.2, -0.15) is 0 Å². The maximum Gasteiger partial charge on any atom is 0.253 e. The van der Waals surface area contributed by atoms with Gasteiger partial charge in [0.05, 0.1) is 12.7 Å². The Hall–Kier alpha value is -1.63. The van der Waals surface area contributed by atoms with Gasteiger partial charge in [0.15, 0.2) is 0 Å². The predicted octanol–water partition coefficient (Wildman–Crippen LogP) is 2.83.